The Kier molecular flexibility index (Phi) is 36.6. The molecule has 17 atom stereocenters. The van der Waals surface area contributed by atoms with Crippen LogP contribution in [0.3, 0.4) is 0 Å². The molecular weight excluding hydrogens is 1560 g/mol. The number of nitrogens with zero attached hydrogens (tertiary/aromatic N) is 4. The number of imidazole rings is 3. The first-order chi connectivity index (χ1) is 55.2. The van der Waals surface area contributed by atoms with E-state index in [1.165, 1.54) is 24.9 Å². The number of amides is 15. The quantitative estimate of drug-likeness (QED) is 0.0195. The monoisotopic (exact) mass is 1650 g/mol. The number of likely N-dealkylation sites (tertiary alicyclic amines) is 1. The van der Waals surface area contributed by atoms with E-state index in [0.717, 1.165) is 38.3 Å². The minimum absolute atomic E-state index is 0.0824. The van der Waals surface area contributed by atoms with Gasteiger partial charge in [-0.1, -0.05) is 30.3 Å². The van der Waals surface area contributed by atoms with Crippen LogP contribution < -0.4 is 81.0 Å². The largest absolute Gasteiger partial charge is 0.481 e. The number of primary amides is 2. The highest BCUT2D eigenvalue weighted by molar-refractivity contribution is 6.02. The number of nitrogens with one attached hydrogen (secondary N) is 15. The van der Waals surface area contributed by atoms with Crippen LogP contribution in [0.5, 0.6) is 0 Å². The topological polar surface area (TPSA) is 798 Å². The van der Waals surface area contributed by atoms with Crippen molar-refractivity contribution in [2.45, 2.75) is 201 Å². The molecule has 29 N–H and O–H groups in total. The van der Waals surface area contributed by atoms with Crippen molar-refractivity contribution < 1.29 is 132 Å². The van der Waals surface area contributed by atoms with Crippen molar-refractivity contribution in [2.24, 2.45) is 17.2 Å². The van der Waals surface area contributed by atoms with Crippen molar-refractivity contribution in [3.63, 3.8) is 0 Å². The number of aliphatic hydroxyl groups excluding tert-OH is 4. The fourth-order valence-electron chi connectivity index (χ4n) is 11.6. The third-order valence-corrected chi connectivity index (χ3v) is 17.7. The van der Waals surface area contributed by atoms with Crippen molar-refractivity contribution in [2.75, 3.05) is 13.2 Å². The normalized spacial score (nSPS) is 16.5. The molecule has 1 fully saturated rings. The first-order valence-corrected chi connectivity index (χ1v) is 35.9. The second-order valence-electron chi connectivity index (χ2n) is 27.0. The average Bonchev–Trinajstić information content (AvgIpc) is 1.73. The summed E-state index contributed by atoms with van der Waals surface area (Å²) in [7, 11) is 0. The lowest BCUT2D eigenvalue weighted by Crippen LogP contribution is -2.63. The van der Waals surface area contributed by atoms with Gasteiger partial charge in [0.05, 0.1) is 69.6 Å². The lowest BCUT2D eigenvalue weighted by Gasteiger charge is -2.31. The number of benzene rings is 1. The molecule has 0 spiro atoms. The number of nitrogens with two attached hydrogens (primary N) is 3. The van der Waals surface area contributed by atoms with E-state index >= 15 is 0 Å². The number of carbonyl (C=O) groups excluding carboxylic acids is 15. The van der Waals surface area contributed by atoms with Crippen molar-refractivity contribution in [3.05, 3.63) is 90.5 Å². The van der Waals surface area contributed by atoms with Gasteiger partial charge in [-0.25, -0.2) is 19.7 Å². The van der Waals surface area contributed by atoms with E-state index in [0.29, 0.717) is 5.56 Å². The fourth-order valence-corrected chi connectivity index (χ4v) is 11.6. The minimum Gasteiger partial charge on any atom is -0.481 e. The molecular formula is C68H94N22O27. The summed E-state index contributed by atoms with van der Waals surface area (Å²) in [5, 5.41) is 107. The van der Waals surface area contributed by atoms with Gasteiger partial charge in [-0.15, -0.1) is 0 Å². The molecule has 1 aromatic carbocycles. The molecule has 15 amide bonds. The zero-order valence-corrected chi connectivity index (χ0v) is 62.9. The van der Waals surface area contributed by atoms with E-state index in [9.17, 15) is 132 Å². The molecule has 4 heterocycles. The molecule has 117 heavy (non-hydrogen) atoms. The van der Waals surface area contributed by atoms with Gasteiger partial charge in [-0.2, -0.15) is 0 Å². The first kappa shape index (κ1) is 94.2. The number of aromatic nitrogens is 6. The Labute approximate surface area is 662 Å². The molecule has 0 radical (unpaired) electrons. The Bertz CT molecular complexity index is 4170. The number of H-pyrrole nitrogens is 3. The number of carboxylic acid groups (broad SMARTS) is 4. The summed E-state index contributed by atoms with van der Waals surface area (Å²) < 4.78 is 0. The van der Waals surface area contributed by atoms with Crippen molar-refractivity contribution >= 4 is 112 Å². The molecule has 1 saturated heterocycles. The highest BCUT2D eigenvalue weighted by atomic mass is 16.4. The first-order valence-electron chi connectivity index (χ1n) is 35.9. The van der Waals surface area contributed by atoms with E-state index < -0.39 is 280 Å². The van der Waals surface area contributed by atoms with Crippen LogP contribution in [-0.2, 0) is 117 Å². The number of aliphatic carboxylic acids is 4. The van der Waals surface area contributed by atoms with Gasteiger partial charge in [0, 0.05) is 74.3 Å². The van der Waals surface area contributed by atoms with Crippen molar-refractivity contribution in [3.8, 4) is 0 Å². The summed E-state index contributed by atoms with van der Waals surface area (Å²) in [6.45, 7) is 1.71. The summed E-state index contributed by atoms with van der Waals surface area (Å²) in [4.78, 5) is 276. The standard InChI is InChI=1S/C68H94N22O27/c1-29(92)52(71)64(112)83-42(21-51(101)102)61(109)88-53(30(2)93)66(114)87-45(25-91)62(110)80-39(16-34-23-73-27-76-34)57(105)79-38(15-33-22-72-26-75-33)58(106)82-40(19-49(97)98)59(107)78-36(11-12-47(69)95)55(103)81-41(20-50(99)100)60(108)85-43(17-35-24-74-28-77-35)67(115)90-13-7-10-46(90)63(111)89-54(31(3)94)65(113)84-37(14-32-8-5-4-6-9-32)56(104)86-44(68(116)117)18-48(70)96/h4-6,8-9,22-24,26-31,36-46,52-54,91-94H,7,10-21,25,71H2,1-3H3,(H2,69,95)(H2,70,96)(H,72,75)(H,73,76)(H,74,77)(H,78,107)(H,79,105)(H,80,110)(H,81,103)(H,82,106)(H,83,112)(H,84,113)(H,85,108)(H,86,104)(H,87,114)(H,88,109)(H,89,111)(H,97,98)(H,99,100)(H,101,102)(H,116,117). The molecule has 0 aliphatic carbocycles. The summed E-state index contributed by atoms with van der Waals surface area (Å²) >= 11 is 0. The van der Waals surface area contributed by atoms with Crippen LogP contribution >= 0.6 is 0 Å². The molecule has 4 aromatic rings. The van der Waals surface area contributed by atoms with Crippen LogP contribution in [0.25, 0.3) is 0 Å². The maximum atomic E-state index is 14.8. The van der Waals surface area contributed by atoms with E-state index in [-0.39, 0.29) is 42.9 Å². The number of hydrogen-bond donors (Lipinski definition) is 26. The molecule has 3 aromatic heterocycles. The Morgan fingerprint density at radius 3 is 1.21 bits per heavy atom. The van der Waals surface area contributed by atoms with Gasteiger partial charge in [-0.05, 0) is 45.6 Å². The lowest BCUT2D eigenvalue weighted by molar-refractivity contribution is -0.144. The zero-order chi connectivity index (χ0) is 87.1. The fraction of sp³-hybridized carbons (Fsp3) is 0.500. The number of carboxylic acids is 4. The van der Waals surface area contributed by atoms with E-state index in [1.54, 1.807) is 30.3 Å². The number of hydrogen-bond acceptors (Lipinski definition) is 27. The van der Waals surface area contributed by atoms with Gasteiger partial charge < -0.3 is 142 Å². The Morgan fingerprint density at radius 1 is 0.436 bits per heavy atom. The van der Waals surface area contributed by atoms with Crippen LogP contribution in [0.15, 0.2) is 67.9 Å². The van der Waals surface area contributed by atoms with Crippen LogP contribution in [0, 0.1) is 0 Å². The molecule has 0 bridgehead atoms. The predicted octanol–water partition coefficient (Wildman–Crippen LogP) is -12.0. The van der Waals surface area contributed by atoms with Crippen LogP contribution in [-0.4, -0.2) is 304 Å². The Morgan fingerprint density at radius 2 is 0.803 bits per heavy atom. The number of rotatable bonds is 49. The van der Waals surface area contributed by atoms with Crippen LogP contribution in [0.4, 0.5) is 0 Å². The van der Waals surface area contributed by atoms with Gasteiger partial charge in [-0.3, -0.25) is 86.3 Å². The predicted molar refractivity (Wildman–Crippen MR) is 392 cm³/mol. The van der Waals surface area contributed by atoms with Crippen LogP contribution in [0.1, 0.15) is 94.8 Å². The highest BCUT2D eigenvalue weighted by Crippen LogP contribution is 2.21. The molecule has 1 aliphatic heterocycles. The van der Waals surface area contributed by atoms with E-state index in [4.69, 9.17) is 17.2 Å². The Hall–Kier alpha value is -13.4. The summed E-state index contributed by atoms with van der Waals surface area (Å²) in [6.07, 6.45) is -6.01. The summed E-state index contributed by atoms with van der Waals surface area (Å²) in [6, 6.07) is -18.7. The average molecular weight is 1650 g/mol. The smallest absolute Gasteiger partial charge is 0.326 e. The van der Waals surface area contributed by atoms with Gasteiger partial charge >= 0.3 is 23.9 Å². The maximum absolute atomic E-state index is 14.8. The number of aromatic amines is 3. The third-order valence-electron chi connectivity index (χ3n) is 17.7. The summed E-state index contributed by atoms with van der Waals surface area (Å²) in [5.74, 6) is -25.8. The Balaban J connectivity index is 1.37. The van der Waals surface area contributed by atoms with Crippen molar-refractivity contribution in [1.82, 2.24) is 98.6 Å². The molecule has 49 heteroatoms. The van der Waals surface area contributed by atoms with Gasteiger partial charge in [0.25, 0.3) is 0 Å². The molecule has 638 valence electrons. The molecule has 5 rings (SSSR count). The lowest BCUT2D eigenvalue weighted by atomic mass is 10.0. The minimum atomic E-state index is -2.26. The second kappa shape index (κ2) is 45.5. The van der Waals surface area contributed by atoms with Gasteiger partial charge in [0.1, 0.15) is 84.6 Å². The van der Waals surface area contributed by atoms with Crippen LogP contribution in [0.2, 0.25) is 0 Å². The second-order valence-corrected chi connectivity index (χ2v) is 27.0. The number of carbonyl (C=O) groups is 19. The zero-order valence-electron chi connectivity index (χ0n) is 62.9. The molecule has 17 unspecified atom stereocenters. The SMILES string of the molecule is CC(O)C(N)C(=O)NC(CC(=O)O)C(=O)NC(C(=O)NC(CO)C(=O)NC(Cc1cnc[nH]1)C(=O)NC(Cc1cnc[nH]1)C(=O)NC(CC(=O)O)C(=O)NC(CCC(N)=O)C(=O)NC(CC(=O)O)C(=O)NC(Cc1cnc[nH]1)C(=O)N1CCCC1C(=O)NC(C(=O)NC(Cc1ccccc1)C(=O)NC(CC(N)=O)C(=O)O)C(C)O)C(C)O. The third kappa shape index (κ3) is 30.5. The van der Waals surface area contributed by atoms with Gasteiger partial charge in [0.15, 0.2) is 0 Å². The summed E-state index contributed by atoms with van der Waals surface area (Å²) in [5.41, 5.74) is 17.0. The maximum Gasteiger partial charge on any atom is 0.326 e. The highest BCUT2D eigenvalue weighted by Gasteiger charge is 2.43. The van der Waals surface area contributed by atoms with Gasteiger partial charge in [0.2, 0.25) is 88.6 Å². The van der Waals surface area contributed by atoms with E-state index in [1.807, 2.05) is 10.6 Å². The van der Waals surface area contributed by atoms with E-state index in [2.05, 4.69) is 83.1 Å². The number of aliphatic hydroxyl groups is 4. The van der Waals surface area contributed by atoms with Crippen molar-refractivity contribution in [1.29, 1.82) is 0 Å². The molecule has 0 saturated carbocycles. The molecule has 49 nitrogen and oxygen atoms in total. The molecule has 1 aliphatic rings.